The molecule has 0 aliphatic heterocycles. The number of hydrogen-bond donors (Lipinski definition) is 1. The van der Waals surface area contributed by atoms with E-state index in [2.05, 4.69) is 5.32 Å². The van der Waals surface area contributed by atoms with Crippen LogP contribution in [-0.2, 0) is 14.8 Å². The fourth-order valence-electron chi connectivity index (χ4n) is 2.85. The third-order valence-electron chi connectivity index (χ3n) is 4.10. The highest BCUT2D eigenvalue weighted by Crippen LogP contribution is 2.32. The molecule has 0 aromatic heterocycles. The van der Waals surface area contributed by atoms with Crippen molar-refractivity contribution in [2.45, 2.75) is 26.7 Å². The Morgan fingerprint density at radius 3 is 2.48 bits per heavy atom. The van der Waals surface area contributed by atoms with Crippen molar-refractivity contribution in [2.24, 2.45) is 0 Å². The molecule has 0 radical (unpaired) electrons. The van der Waals surface area contributed by atoms with Crippen LogP contribution >= 0.6 is 0 Å². The number of nitriles is 1. The minimum absolute atomic E-state index is 0.0968. The zero-order chi connectivity index (χ0) is 20.2. The van der Waals surface area contributed by atoms with Gasteiger partial charge in [-0.2, -0.15) is 5.26 Å². The van der Waals surface area contributed by atoms with Gasteiger partial charge in [0.1, 0.15) is 6.54 Å². The van der Waals surface area contributed by atoms with E-state index in [-0.39, 0.29) is 12.5 Å². The van der Waals surface area contributed by atoms with Crippen LogP contribution in [0, 0.1) is 18.3 Å². The van der Waals surface area contributed by atoms with Gasteiger partial charge in [0.25, 0.3) is 0 Å². The number of aryl methyl sites for hydroxylation is 1. The third-order valence-corrected chi connectivity index (χ3v) is 5.22. The Morgan fingerprint density at radius 1 is 1.22 bits per heavy atom. The second-order valence-corrected chi connectivity index (χ2v) is 8.58. The zero-order valence-corrected chi connectivity index (χ0v) is 16.7. The van der Waals surface area contributed by atoms with Crippen LogP contribution in [0.4, 0.5) is 11.4 Å². The predicted molar refractivity (Wildman–Crippen MR) is 107 cm³/mol. The molecule has 2 aromatic rings. The maximum Gasteiger partial charge on any atom is 0.245 e. The van der Waals surface area contributed by atoms with Crippen LogP contribution in [0.25, 0.3) is 0 Å². The Kier molecular flexibility index (Phi) is 6.24. The lowest BCUT2D eigenvalue weighted by atomic mass is 9.98. The fraction of sp³-hybridized carbons (Fsp3) is 0.300. The molecule has 0 atom stereocenters. The monoisotopic (exact) mass is 385 g/mol. The number of benzene rings is 2. The van der Waals surface area contributed by atoms with Crippen molar-refractivity contribution in [2.75, 3.05) is 22.4 Å². The number of anilines is 2. The SMILES string of the molecule is Cc1cccc(C(C)C)c1N(CC(=O)Nc1cccc(C#N)c1)S(C)(=O)=O. The van der Waals surface area contributed by atoms with Crippen LogP contribution in [0.15, 0.2) is 42.5 Å². The summed E-state index contributed by atoms with van der Waals surface area (Å²) in [4.78, 5) is 12.5. The van der Waals surface area contributed by atoms with Gasteiger partial charge in [-0.3, -0.25) is 9.10 Å². The lowest BCUT2D eigenvalue weighted by molar-refractivity contribution is -0.114. The van der Waals surface area contributed by atoms with Gasteiger partial charge in [0.05, 0.1) is 23.6 Å². The average Bonchev–Trinajstić information content (AvgIpc) is 2.59. The molecule has 0 spiro atoms. The van der Waals surface area contributed by atoms with Crippen molar-refractivity contribution in [3.63, 3.8) is 0 Å². The van der Waals surface area contributed by atoms with E-state index in [1.165, 1.54) is 6.07 Å². The van der Waals surface area contributed by atoms with Gasteiger partial charge in [-0.1, -0.05) is 38.1 Å². The van der Waals surface area contributed by atoms with Crippen LogP contribution < -0.4 is 9.62 Å². The highest BCUT2D eigenvalue weighted by molar-refractivity contribution is 7.92. The number of rotatable bonds is 6. The first-order valence-corrected chi connectivity index (χ1v) is 10.4. The summed E-state index contributed by atoms with van der Waals surface area (Å²) in [7, 11) is -3.68. The minimum Gasteiger partial charge on any atom is -0.324 e. The molecule has 0 heterocycles. The number of carbonyl (C=O) groups is 1. The number of nitrogens with zero attached hydrogens (tertiary/aromatic N) is 2. The van der Waals surface area contributed by atoms with E-state index in [0.717, 1.165) is 21.7 Å². The molecule has 0 bridgehead atoms. The first kappa shape index (κ1) is 20.5. The van der Waals surface area contributed by atoms with Crippen molar-refractivity contribution in [1.82, 2.24) is 0 Å². The summed E-state index contributed by atoms with van der Waals surface area (Å²) in [6.45, 7) is 5.44. The molecule has 27 heavy (non-hydrogen) atoms. The highest BCUT2D eigenvalue weighted by atomic mass is 32.2. The van der Waals surface area contributed by atoms with E-state index in [9.17, 15) is 13.2 Å². The Morgan fingerprint density at radius 2 is 1.89 bits per heavy atom. The second-order valence-electron chi connectivity index (χ2n) is 6.68. The summed E-state index contributed by atoms with van der Waals surface area (Å²) in [5.41, 5.74) is 3.04. The lowest BCUT2D eigenvalue weighted by Crippen LogP contribution is -2.38. The molecule has 2 rings (SSSR count). The van der Waals surface area contributed by atoms with Crippen LogP contribution in [0.5, 0.6) is 0 Å². The van der Waals surface area contributed by atoms with Crippen molar-refractivity contribution < 1.29 is 13.2 Å². The molecule has 0 fully saturated rings. The standard InChI is InChI=1S/C20H23N3O3S/c1-14(2)18-10-5-7-15(3)20(18)23(27(4,25)26)13-19(24)22-17-9-6-8-16(11-17)12-21/h5-11,14H,13H2,1-4H3,(H,22,24). The van der Waals surface area contributed by atoms with Gasteiger partial charge in [-0.15, -0.1) is 0 Å². The van der Waals surface area contributed by atoms with Crippen LogP contribution in [-0.4, -0.2) is 27.1 Å². The van der Waals surface area contributed by atoms with Gasteiger partial charge in [-0.25, -0.2) is 8.42 Å². The molecule has 0 saturated carbocycles. The fourth-order valence-corrected chi connectivity index (χ4v) is 3.78. The van der Waals surface area contributed by atoms with Gasteiger partial charge >= 0.3 is 0 Å². The van der Waals surface area contributed by atoms with Gasteiger partial charge in [0, 0.05) is 5.69 Å². The molecular formula is C20H23N3O3S. The summed E-state index contributed by atoms with van der Waals surface area (Å²) < 4.78 is 26.0. The van der Waals surface area contributed by atoms with E-state index >= 15 is 0 Å². The maximum atomic E-state index is 12.5. The van der Waals surface area contributed by atoms with Crippen LogP contribution in [0.3, 0.4) is 0 Å². The number of amides is 1. The molecule has 0 aliphatic carbocycles. The molecule has 6 nitrogen and oxygen atoms in total. The van der Waals surface area contributed by atoms with Crippen molar-refractivity contribution in [1.29, 1.82) is 5.26 Å². The summed E-state index contributed by atoms with van der Waals surface area (Å²) in [6.07, 6.45) is 1.09. The second kappa shape index (κ2) is 8.23. The van der Waals surface area contributed by atoms with Gasteiger partial charge in [0.2, 0.25) is 15.9 Å². The lowest BCUT2D eigenvalue weighted by Gasteiger charge is -2.27. The van der Waals surface area contributed by atoms with Crippen molar-refractivity contribution in [3.8, 4) is 6.07 Å². The molecular weight excluding hydrogens is 362 g/mol. The molecule has 1 N–H and O–H groups in total. The Bertz CT molecular complexity index is 992. The normalized spacial score (nSPS) is 11.1. The van der Waals surface area contributed by atoms with Gasteiger partial charge in [-0.05, 0) is 42.2 Å². The van der Waals surface area contributed by atoms with Gasteiger partial charge in [0.15, 0.2) is 0 Å². The largest absolute Gasteiger partial charge is 0.324 e. The first-order chi connectivity index (χ1) is 12.6. The smallest absolute Gasteiger partial charge is 0.245 e. The molecule has 1 amide bonds. The van der Waals surface area contributed by atoms with E-state index in [1.54, 1.807) is 18.2 Å². The summed E-state index contributed by atoms with van der Waals surface area (Å²) in [5, 5.41) is 11.6. The van der Waals surface area contributed by atoms with E-state index < -0.39 is 15.9 Å². The quantitative estimate of drug-likeness (QED) is 0.825. The highest BCUT2D eigenvalue weighted by Gasteiger charge is 2.25. The molecule has 142 valence electrons. The number of carbonyl (C=O) groups excluding carboxylic acids is 1. The molecule has 0 aliphatic rings. The molecule has 0 unspecified atom stereocenters. The Hall–Kier alpha value is -2.85. The van der Waals surface area contributed by atoms with Crippen LogP contribution in [0.2, 0.25) is 0 Å². The summed E-state index contributed by atoms with van der Waals surface area (Å²) >= 11 is 0. The third kappa shape index (κ3) is 5.08. The first-order valence-electron chi connectivity index (χ1n) is 8.50. The van der Waals surface area contributed by atoms with E-state index in [4.69, 9.17) is 5.26 Å². The summed E-state index contributed by atoms with van der Waals surface area (Å²) in [6, 6.07) is 14.0. The molecule has 7 heteroatoms. The predicted octanol–water partition coefficient (Wildman–Crippen LogP) is 3.39. The Labute approximate surface area is 160 Å². The maximum absolute atomic E-state index is 12.5. The molecule has 2 aromatic carbocycles. The average molecular weight is 385 g/mol. The molecule has 0 saturated heterocycles. The number of hydrogen-bond acceptors (Lipinski definition) is 4. The topological polar surface area (TPSA) is 90.3 Å². The zero-order valence-electron chi connectivity index (χ0n) is 15.9. The van der Waals surface area contributed by atoms with Crippen molar-refractivity contribution >= 4 is 27.3 Å². The number of para-hydroxylation sites is 1. The van der Waals surface area contributed by atoms with E-state index in [0.29, 0.717) is 16.9 Å². The van der Waals surface area contributed by atoms with Gasteiger partial charge < -0.3 is 5.32 Å². The number of sulfonamides is 1. The number of nitrogens with one attached hydrogen (secondary N) is 1. The van der Waals surface area contributed by atoms with E-state index in [1.807, 2.05) is 45.0 Å². The Balaban J connectivity index is 2.37. The summed E-state index contributed by atoms with van der Waals surface area (Å²) in [5.74, 6) is -0.381. The van der Waals surface area contributed by atoms with Crippen molar-refractivity contribution in [3.05, 3.63) is 59.2 Å². The van der Waals surface area contributed by atoms with Crippen LogP contribution in [0.1, 0.15) is 36.5 Å². The minimum atomic E-state index is -3.68.